The first kappa shape index (κ1) is 23.4. The van der Waals surface area contributed by atoms with Crippen LogP contribution in [-0.4, -0.2) is 22.7 Å². The Kier molecular flexibility index (Phi) is 6.63. The number of nitro groups is 1. The van der Waals surface area contributed by atoms with Gasteiger partial charge in [-0.05, 0) is 36.2 Å². The Hall–Kier alpha value is -3.75. The van der Waals surface area contributed by atoms with Gasteiger partial charge in [0.2, 0.25) is 5.75 Å². The third-order valence-corrected chi connectivity index (χ3v) is 6.01. The van der Waals surface area contributed by atoms with Gasteiger partial charge in [0.1, 0.15) is 0 Å². The number of benzene rings is 3. The molecule has 1 unspecified atom stereocenters. The van der Waals surface area contributed by atoms with E-state index in [9.17, 15) is 20.0 Å². The Morgan fingerprint density at radius 3 is 2.44 bits per heavy atom. The van der Waals surface area contributed by atoms with Gasteiger partial charge in [0.25, 0.3) is 0 Å². The van der Waals surface area contributed by atoms with Crippen LogP contribution in [0.3, 0.4) is 0 Å². The van der Waals surface area contributed by atoms with Crippen LogP contribution in [0, 0.1) is 10.1 Å². The Bertz CT molecular complexity index is 1310. The third-order valence-electron chi connectivity index (χ3n) is 5.27. The standard InChI is InChI=1S/C24H19Cl2N3O5/c1-2-34-19-12-15(11-18(23(19)30)29(32)33)22-20(13-6-4-3-5-7-13)21(27-24(31)28-22)14-8-9-16(25)17(26)10-14/h3-12,22,30H,2H2,1H3,(H2,27,28,31). The number of ether oxygens (including phenoxy) is 1. The number of urea groups is 1. The molecule has 3 N–H and O–H groups in total. The number of carbonyl (C=O) groups is 1. The summed E-state index contributed by atoms with van der Waals surface area (Å²) in [5.41, 5.74) is 2.30. The highest BCUT2D eigenvalue weighted by Gasteiger charge is 2.33. The second-order valence-electron chi connectivity index (χ2n) is 7.39. The van der Waals surface area contributed by atoms with E-state index in [0.29, 0.717) is 32.4 Å². The zero-order chi connectivity index (χ0) is 24.4. The van der Waals surface area contributed by atoms with Crippen LogP contribution in [-0.2, 0) is 0 Å². The third kappa shape index (κ3) is 4.50. The fourth-order valence-electron chi connectivity index (χ4n) is 3.81. The van der Waals surface area contributed by atoms with Crippen LogP contribution in [0.2, 0.25) is 10.0 Å². The van der Waals surface area contributed by atoms with Gasteiger partial charge in [-0.2, -0.15) is 0 Å². The first-order chi connectivity index (χ1) is 16.3. The molecule has 1 heterocycles. The van der Waals surface area contributed by atoms with Crippen LogP contribution in [0.1, 0.15) is 29.7 Å². The summed E-state index contributed by atoms with van der Waals surface area (Å²) in [6.07, 6.45) is 0. The lowest BCUT2D eigenvalue weighted by atomic mass is 9.87. The van der Waals surface area contributed by atoms with Crippen molar-refractivity contribution in [3.8, 4) is 11.5 Å². The number of amides is 2. The van der Waals surface area contributed by atoms with Crippen molar-refractivity contribution in [2.45, 2.75) is 13.0 Å². The lowest BCUT2D eigenvalue weighted by Gasteiger charge is -2.31. The zero-order valence-corrected chi connectivity index (χ0v) is 19.4. The molecule has 1 aliphatic heterocycles. The molecule has 174 valence electrons. The molecule has 0 radical (unpaired) electrons. The number of carbonyl (C=O) groups excluding carboxylic acids is 1. The fraction of sp³-hybridized carbons (Fsp3) is 0.125. The van der Waals surface area contributed by atoms with Gasteiger partial charge in [-0.25, -0.2) is 4.79 Å². The molecule has 3 aromatic carbocycles. The molecule has 2 amide bonds. The molecular weight excluding hydrogens is 481 g/mol. The summed E-state index contributed by atoms with van der Waals surface area (Å²) in [7, 11) is 0. The summed E-state index contributed by atoms with van der Waals surface area (Å²) in [4.78, 5) is 23.7. The van der Waals surface area contributed by atoms with Gasteiger partial charge in [-0.15, -0.1) is 0 Å². The SMILES string of the molecule is CCOc1cc(C2NC(=O)NC(c3ccc(Cl)c(Cl)c3)=C2c2ccccc2)cc([N+](=O)[O-])c1O. The van der Waals surface area contributed by atoms with E-state index in [0.717, 1.165) is 5.56 Å². The topological polar surface area (TPSA) is 114 Å². The molecule has 0 fully saturated rings. The van der Waals surface area contributed by atoms with Gasteiger partial charge < -0.3 is 20.5 Å². The largest absolute Gasteiger partial charge is 0.500 e. The van der Waals surface area contributed by atoms with Gasteiger partial charge in [0, 0.05) is 17.2 Å². The highest BCUT2D eigenvalue weighted by Crippen LogP contribution is 2.44. The van der Waals surface area contributed by atoms with Gasteiger partial charge in [0.05, 0.1) is 33.3 Å². The maximum Gasteiger partial charge on any atom is 0.320 e. The number of nitrogens with zero attached hydrogens (tertiary/aromatic N) is 1. The monoisotopic (exact) mass is 499 g/mol. The summed E-state index contributed by atoms with van der Waals surface area (Å²) in [5.74, 6) is -0.631. The summed E-state index contributed by atoms with van der Waals surface area (Å²) < 4.78 is 5.44. The first-order valence-electron chi connectivity index (χ1n) is 10.3. The van der Waals surface area contributed by atoms with E-state index in [-0.39, 0.29) is 12.4 Å². The Labute approximate surface area is 204 Å². The molecular formula is C24H19Cl2N3O5. The second kappa shape index (κ2) is 9.62. The van der Waals surface area contributed by atoms with E-state index in [1.54, 1.807) is 25.1 Å². The molecule has 3 aromatic rings. The van der Waals surface area contributed by atoms with Crippen molar-refractivity contribution in [3.05, 3.63) is 97.5 Å². The van der Waals surface area contributed by atoms with Crippen molar-refractivity contribution in [2.24, 2.45) is 0 Å². The molecule has 1 aliphatic rings. The predicted octanol–water partition coefficient (Wildman–Crippen LogP) is 5.93. The van der Waals surface area contributed by atoms with Crippen LogP contribution < -0.4 is 15.4 Å². The highest BCUT2D eigenvalue weighted by molar-refractivity contribution is 6.42. The van der Waals surface area contributed by atoms with E-state index >= 15 is 0 Å². The van der Waals surface area contributed by atoms with E-state index in [4.69, 9.17) is 27.9 Å². The molecule has 0 saturated heterocycles. The van der Waals surface area contributed by atoms with E-state index in [1.165, 1.54) is 12.1 Å². The summed E-state index contributed by atoms with van der Waals surface area (Å²) in [6, 6.07) is 15.6. The average Bonchev–Trinajstić information content (AvgIpc) is 2.82. The minimum Gasteiger partial charge on any atom is -0.500 e. The molecule has 34 heavy (non-hydrogen) atoms. The normalized spacial score (nSPS) is 15.5. The Morgan fingerprint density at radius 2 is 1.79 bits per heavy atom. The summed E-state index contributed by atoms with van der Waals surface area (Å²) in [5, 5.41) is 28.3. The number of phenols is 1. The molecule has 4 rings (SSSR count). The van der Waals surface area contributed by atoms with Crippen LogP contribution in [0.25, 0.3) is 11.3 Å². The van der Waals surface area contributed by atoms with Gasteiger partial charge in [-0.1, -0.05) is 59.6 Å². The van der Waals surface area contributed by atoms with Crippen molar-refractivity contribution in [1.82, 2.24) is 10.6 Å². The van der Waals surface area contributed by atoms with Crippen molar-refractivity contribution in [3.63, 3.8) is 0 Å². The molecule has 0 bridgehead atoms. The van der Waals surface area contributed by atoms with Crippen molar-refractivity contribution >= 4 is 46.2 Å². The number of rotatable bonds is 6. The predicted molar refractivity (Wildman–Crippen MR) is 130 cm³/mol. The lowest BCUT2D eigenvalue weighted by molar-refractivity contribution is -0.386. The van der Waals surface area contributed by atoms with Crippen LogP contribution in [0.5, 0.6) is 11.5 Å². The van der Waals surface area contributed by atoms with Crippen LogP contribution in [0.4, 0.5) is 10.5 Å². The fourth-order valence-corrected chi connectivity index (χ4v) is 4.11. The van der Waals surface area contributed by atoms with Crippen LogP contribution in [0.15, 0.2) is 60.7 Å². The summed E-state index contributed by atoms with van der Waals surface area (Å²) >= 11 is 12.3. The van der Waals surface area contributed by atoms with Gasteiger partial charge in [-0.3, -0.25) is 10.1 Å². The van der Waals surface area contributed by atoms with Gasteiger partial charge >= 0.3 is 11.7 Å². The lowest BCUT2D eigenvalue weighted by Crippen LogP contribution is -2.43. The number of hydrogen-bond acceptors (Lipinski definition) is 5. The molecule has 8 nitrogen and oxygen atoms in total. The van der Waals surface area contributed by atoms with E-state index < -0.39 is 28.4 Å². The zero-order valence-electron chi connectivity index (χ0n) is 17.8. The maximum atomic E-state index is 12.7. The number of halogens is 2. The maximum absolute atomic E-state index is 12.7. The van der Waals surface area contributed by atoms with E-state index in [1.807, 2.05) is 30.3 Å². The van der Waals surface area contributed by atoms with Crippen molar-refractivity contribution in [2.75, 3.05) is 6.61 Å². The van der Waals surface area contributed by atoms with Gasteiger partial charge in [0.15, 0.2) is 5.75 Å². The minimum atomic E-state index is -0.806. The number of aromatic hydroxyl groups is 1. The number of hydrogen-bond donors (Lipinski definition) is 3. The first-order valence-corrected chi connectivity index (χ1v) is 11.0. The summed E-state index contributed by atoms with van der Waals surface area (Å²) in [6.45, 7) is 1.88. The number of nitro benzene ring substituents is 1. The second-order valence-corrected chi connectivity index (χ2v) is 8.21. The number of phenolic OH excluding ortho intramolecular Hbond substituents is 1. The molecule has 0 aliphatic carbocycles. The quantitative estimate of drug-likeness (QED) is 0.287. The van der Waals surface area contributed by atoms with Crippen molar-refractivity contribution < 1.29 is 19.6 Å². The Morgan fingerprint density at radius 1 is 1.06 bits per heavy atom. The molecule has 1 atom stereocenters. The van der Waals surface area contributed by atoms with E-state index in [2.05, 4.69) is 10.6 Å². The van der Waals surface area contributed by atoms with Crippen LogP contribution >= 0.6 is 23.2 Å². The molecule has 0 aromatic heterocycles. The Balaban J connectivity index is 2.00. The molecule has 0 spiro atoms. The minimum absolute atomic E-state index is 0.0528. The smallest absolute Gasteiger partial charge is 0.320 e. The molecule has 10 heteroatoms. The number of nitrogens with one attached hydrogen (secondary N) is 2. The molecule has 0 saturated carbocycles. The highest BCUT2D eigenvalue weighted by atomic mass is 35.5. The van der Waals surface area contributed by atoms with Crippen molar-refractivity contribution in [1.29, 1.82) is 0 Å². The average molecular weight is 500 g/mol.